The molecule has 0 radical (unpaired) electrons. The molecule has 1 spiro atoms. The van der Waals surface area contributed by atoms with E-state index in [9.17, 15) is 24.6 Å². The fraction of sp³-hybridized carbons (Fsp3) is 0.731. The smallest absolute Gasteiger partial charge is 0.339 e. The Morgan fingerprint density at radius 1 is 1.03 bits per heavy atom. The van der Waals surface area contributed by atoms with E-state index >= 15 is 0 Å². The van der Waals surface area contributed by atoms with Gasteiger partial charge in [-0.15, -0.1) is 0 Å². The van der Waals surface area contributed by atoms with Crippen molar-refractivity contribution in [1.29, 1.82) is 0 Å². The Morgan fingerprint density at radius 2 is 1.74 bits per heavy atom. The molecular weight excluding hydrogens is 456 g/mol. The molecule has 4 heterocycles. The van der Waals surface area contributed by atoms with E-state index in [1.165, 1.54) is 12.5 Å². The number of cyclic esters (lactones) is 2. The molecule has 1 aromatic rings. The Bertz CT molecular complexity index is 1130. The van der Waals surface area contributed by atoms with Crippen molar-refractivity contribution in [3.63, 3.8) is 0 Å². The Labute approximate surface area is 203 Å². The van der Waals surface area contributed by atoms with Crippen LogP contribution in [0, 0.1) is 28.1 Å². The molecule has 0 bridgehead atoms. The third kappa shape index (κ3) is 2.38. The first kappa shape index (κ1) is 23.2. The van der Waals surface area contributed by atoms with Gasteiger partial charge in [-0.25, -0.2) is 4.79 Å². The van der Waals surface area contributed by atoms with E-state index in [0.717, 1.165) is 0 Å². The van der Waals surface area contributed by atoms with Gasteiger partial charge in [0.05, 0.1) is 31.0 Å². The number of carbonyl (C=O) groups is 3. The number of esters is 2. The third-order valence-electron chi connectivity index (χ3n) is 10.5. The molecule has 2 saturated carbocycles. The lowest BCUT2D eigenvalue weighted by Crippen LogP contribution is -2.76. The second-order valence-electron chi connectivity index (χ2n) is 12.3. The fourth-order valence-corrected chi connectivity index (χ4v) is 9.11. The number of ether oxygens (including phenoxy) is 3. The molecule has 5 aliphatic rings. The number of rotatable bonds is 1. The van der Waals surface area contributed by atoms with Gasteiger partial charge >= 0.3 is 11.9 Å². The highest BCUT2D eigenvalue weighted by Gasteiger charge is 2.89. The maximum absolute atomic E-state index is 14.0. The summed E-state index contributed by atoms with van der Waals surface area (Å²) in [6.45, 7) is 8.92. The minimum atomic E-state index is -1.49. The number of aliphatic hydroxyl groups is 2. The molecule has 190 valence electrons. The summed E-state index contributed by atoms with van der Waals surface area (Å²) < 4.78 is 23.0. The molecule has 6 rings (SSSR count). The van der Waals surface area contributed by atoms with E-state index in [-0.39, 0.29) is 6.42 Å². The molecule has 5 fully saturated rings. The second-order valence-corrected chi connectivity index (χ2v) is 12.3. The molecular formula is C26H32O9. The van der Waals surface area contributed by atoms with Gasteiger partial charge in [0.2, 0.25) is 0 Å². The Balaban J connectivity index is 1.56. The van der Waals surface area contributed by atoms with Crippen molar-refractivity contribution in [1.82, 2.24) is 0 Å². The van der Waals surface area contributed by atoms with Crippen LogP contribution in [0.1, 0.15) is 65.5 Å². The first-order valence-corrected chi connectivity index (χ1v) is 12.3. The van der Waals surface area contributed by atoms with Gasteiger partial charge in [0.15, 0.2) is 11.9 Å². The Kier molecular flexibility index (Phi) is 4.34. The summed E-state index contributed by atoms with van der Waals surface area (Å²) in [5, 5.41) is 23.2. The molecule has 10 atom stereocenters. The predicted molar refractivity (Wildman–Crippen MR) is 117 cm³/mol. The van der Waals surface area contributed by atoms with Crippen LogP contribution in [-0.4, -0.2) is 57.4 Å². The topological polar surface area (TPSA) is 136 Å². The zero-order valence-corrected chi connectivity index (χ0v) is 20.6. The molecule has 0 amide bonds. The van der Waals surface area contributed by atoms with Crippen LogP contribution in [0.5, 0.6) is 0 Å². The number of epoxide rings is 1. The molecule has 9 heteroatoms. The van der Waals surface area contributed by atoms with Crippen molar-refractivity contribution < 1.29 is 43.2 Å². The SMILES string of the molecule is CC1(C)OC(=O)C[C@H](O)[C@@]2(C)[C@H]3CC[C@@]4(C)[C@H](c5ccoc5)OC(=O)[C@@H]5O[C@@]54[C@]3(C)[C@@H](O)C(=O)[C@@H]12. The quantitative estimate of drug-likeness (QED) is 0.450. The maximum atomic E-state index is 14.0. The van der Waals surface area contributed by atoms with Crippen LogP contribution in [-0.2, 0) is 28.6 Å². The summed E-state index contributed by atoms with van der Waals surface area (Å²) >= 11 is 0. The molecule has 2 aliphatic carbocycles. The van der Waals surface area contributed by atoms with Crippen molar-refractivity contribution in [2.24, 2.45) is 28.1 Å². The zero-order chi connectivity index (χ0) is 25.3. The average Bonchev–Trinajstić information content (AvgIpc) is 3.35. The summed E-state index contributed by atoms with van der Waals surface area (Å²) in [5.41, 5.74) is -4.81. The largest absolute Gasteiger partial charge is 0.472 e. The number of fused-ring (bicyclic) bond motifs is 3. The van der Waals surface area contributed by atoms with Crippen molar-refractivity contribution in [3.8, 4) is 0 Å². The number of ketones is 1. The lowest BCUT2D eigenvalue weighted by Gasteiger charge is -2.67. The van der Waals surface area contributed by atoms with E-state index < -0.39 is 81.4 Å². The van der Waals surface area contributed by atoms with Crippen LogP contribution in [0.15, 0.2) is 23.0 Å². The minimum absolute atomic E-state index is 0.249. The van der Waals surface area contributed by atoms with Crippen LogP contribution < -0.4 is 0 Å². The van der Waals surface area contributed by atoms with Gasteiger partial charge in [-0.3, -0.25) is 9.59 Å². The van der Waals surface area contributed by atoms with E-state index in [2.05, 4.69) is 0 Å². The molecule has 3 saturated heterocycles. The number of furan rings is 1. The number of hydrogen-bond acceptors (Lipinski definition) is 9. The molecule has 9 nitrogen and oxygen atoms in total. The highest BCUT2D eigenvalue weighted by Crippen LogP contribution is 2.79. The number of carbonyl (C=O) groups excluding carboxylic acids is 3. The summed E-state index contributed by atoms with van der Waals surface area (Å²) in [5.74, 6) is -2.99. The van der Waals surface area contributed by atoms with Crippen molar-refractivity contribution in [2.75, 3.05) is 0 Å². The Morgan fingerprint density at radius 3 is 2.40 bits per heavy atom. The van der Waals surface area contributed by atoms with Crippen molar-refractivity contribution in [3.05, 3.63) is 24.2 Å². The standard InChI is InChI=1S/C26H32O9/c1-22(2)17-16(29)18(30)25(5)13(24(17,4)14(27)10-15(28)34-22)6-8-23(3)19(12-7-9-32-11-12)33-21(31)20-26(23,25)35-20/h7,9,11,13-14,17-20,27,30H,6,8,10H2,1-5H3/t13-,14+,17+,18+,19+,20+,23+,24-,25+,26+/m1/s1. The van der Waals surface area contributed by atoms with Crippen LogP contribution in [0.3, 0.4) is 0 Å². The van der Waals surface area contributed by atoms with Gasteiger partial charge in [-0.1, -0.05) is 20.8 Å². The van der Waals surface area contributed by atoms with E-state index in [0.29, 0.717) is 18.4 Å². The Hall–Kier alpha value is -2.23. The van der Waals surface area contributed by atoms with Crippen LogP contribution in [0.25, 0.3) is 0 Å². The monoisotopic (exact) mass is 488 g/mol. The lowest BCUT2D eigenvalue weighted by atomic mass is 9.36. The number of aliphatic hydroxyl groups excluding tert-OH is 2. The van der Waals surface area contributed by atoms with Gasteiger partial charge in [0, 0.05) is 21.8 Å². The fourth-order valence-electron chi connectivity index (χ4n) is 9.11. The van der Waals surface area contributed by atoms with Crippen LogP contribution in [0.4, 0.5) is 0 Å². The first-order valence-electron chi connectivity index (χ1n) is 12.3. The van der Waals surface area contributed by atoms with Crippen LogP contribution >= 0.6 is 0 Å². The van der Waals surface area contributed by atoms with Gasteiger partial charge in [0.1, 0.15) is 23.4 Å². The van der Waals surface area contributed by atoms with E-state index in [4.69, 9.17) is 18.6 Å². The summed E-state index contributed by atoms with van der Waals surface area (Å²) in [6, 6.07) is 1.74. The minimum Gasteiger partial charge on any atom is -0.472 e. The van der Waals surface area contributed by atoms with E-state index in [1.807, 2.05) is 13.8 Å². The van der Waals surface area contributed by atoms with Crippen molar-refractivity contribution in [2.45, 2.75) is 89.5 Å². The summed E-state index contributed by atoms with van der Waals surface area (Å²) in [7, 11) is 0. The summed E-state index contributed by atoms with van der Waals surface area (Å²) in [4.78, 5) is 39.7. The third-order valence-corrected chi connectivity index (χ3v) is 10.5. The van der Waals surface area contributed by atoms with Crippen LogP contribution in [0.2, 0.25) is 0 Å². The molecule has 2 N–H and O–H groups in total. The van der Waals surface area contributed by atoms with Gasteiger partial charge < -0.3 is 28.8 Å². The summed E-state index contributed by atoms with van der Waals surface area (Å²) in [6.07, 6.45) is -0.395. The van der Waals surface area contributed by atoms with Gasteiger partial charge in [-0.2, -0.15) is 0 Å². The van der Waals surface area contributed by atoms with Gasteiger partial charge in [0.25, 0.3) is 0 Å². The molecule has 35 heavy (non-hydrogen) atoms. The maximum Gasteiger partial charge on any atom is 0.339 e. The van der Waals surface area contributed by atoms with E-state index in [1.54, 1.807) is 26.8 Å². The molecule has 1 aromatic heterocycles. The predicted octanol–water partition coefficient (Wildman–Crippen LogP) is 2.09. The number of Topliss-reactive ketones (excluding diaryl/α,β-unsaturated/α-hetero) is 1. The molecule has 0 unspecified atom stereocenters. The molecule has 0 aromatic carbocycles. The number of hydrogen-bond donors (Lipinski definition) is 2. The lowest BCUT2D eigenvalue weighted by molar-refractivity contribution is -0.258. The average molecular weight is 489 g/mol. The van der Waals surface area contributed by atoms with Crippen molar-refractivity contribution >= 4 is 17.7 Å². The normalized spacial score (nSPS) is 52.1. The highest BCUT2D eigenvalue weighted by molar-refractivity contribution is 5.92. The first-order chi connectivity index (χ1) is 16.3. The van der Waals surface area contributed by atoms with Gasteiger partial charge in [-0.05, 0) is 38.7 Å². The molecule has 3 aliphatic heterocycles. The zero-order valence-electron chi connectivity index (χ0n) is 20.6. The second kappa shape index (κ2) is 6.55. The highest BCUT2D eigenvalue weighted by atomic mass is 16.7.